The zero-order chi connectivity index (χ0) is 19.2. The number of para-hydroxylation sites is 1. The third-order valence-corrected chi connectivity index (χ3v) is 6.21. The number of methoxy groups -OCH3 is 1. The van der Waals surface area contributed by atoms with Gasteiger partial charge in [-0.15, -0.1) is 0 Å². The first-order valence-electron chi connectivity index (χ1n) is 9.26. The van der Waals surface area contributed by atoms with Crippen LogP contribution in [0, 0.1) is 0 Å². The molecular formula is C20H24N2O3S2. The number of nitrogens with one attached hydrogen (secondary N) is 1. The molecule has 0 radical (unpaired) electrons. The van der Waals surface area contributed by atoms with Gasteiger partial charge < -0.3 is 10.1 Å². The van der Waals surface area contributed by atoms with E-state index < -0.39 is 0 Å². The second kappa shape index (κ2) is 9.37. The van der Waals surface area contributed by atoms with Gasteiger partial charge in [0.15, 0.2) is 0 Å². The Morgan fingerprint density at radius 3 is 2.81 bits per heavy atom. The van der Waals surface area contributed by atoms with Gasteiger partial charge in [-0.25, -0.2) is 0 Å². The van der Waals surface area contributed by atoms with Gasteiger partial charge in [0.05, 0.1) is 12.0 Å². The molecule has 0 bridgehead atoms. The highest BCUT2D eigenvalue weighted by atomic mass is 32.2. The zero-order valence-electron chi connectivity index (χ0n) is 15.4. The maximum Gasteiger partial charge on any atom is 0.266 e. The summed E-state index contributed by atoms with van der Waals surface area (Å²) in [6.07, 6.45) is 7.76. The van der Waals surface area contributed by atoms with Crippen molar-refractivity contribution in [3.63, 3.8) is 0 Å². The van der Waals surface area contributed by atoms with E-state index in [1.807, 2.05) is 24.3 Å². The fourth-order valence-corrected chi connectivity index (χ4v) is 4.68. The Bertz CT molecular complexity index is 757. The summed E-state index contributed by atoms with van der Waals surface area (Å²) in [7, 11) is 1.60. The molecule has 1 saturated heterocycles. The van der Waals surface area contributed by atoms with Crippen molar-refractivity contribution >= 4 is 46.2 Å². The molecule has 5 nitrogen and oxygen atoms in total. The van der Waals surface area contributed by atoms with E-state index in [4.69, 9.17) is 17.0 Å². The van der Waals surface area contributed by atoms with Crippen LogP contribution in [-0.2, 0) is 9.59 Å². The van der Waals surface area contributed by atoms with Crippen LogP contribution in [0.5, 0.6) is 5.75 Å². The van der Waals surface area contributed by atoms with E-state index in [0.717, 1.165) is 18.4 Å². The van der Waals surface area contributed by atoms with Crippen LogP contribution in [0.3, 0.4) is 0 Å². The van der Waals surface area contributed by atoms with Crippen molar-refractivity contribution < 1.29 is 14.3 Å². The normalized spacial score (nSPS) is 19.6. The molecule has 27 heavy (non-hydrogen) atoms. The van der Waals surface area contributed by atoms with Crippen molar-refractivity contribution in [2.45, 2.75) is 44.6 Å². The number of nitrogens with zero attached hydrogens (tertiary/aromatic N) is 1. The number of ether oxygens (including phenoxy) is 1. The van der Waals surface area contributed by atoms with Crippen LogP contribution in [0.4, 0.5) is 0 Å². The second-order valence-electron chi connectivity index (χ2n) is 6.73. The van der Waals surface area contributed by atoms with Gasteiger partial charge in [0.2, 0.25) is 5.91 Å². The van der Waals surface area contributed by atoms with Gasteiger partial charge in [0.1, 0.15) is 10.1 Å². The molecule has 1 aliphatic carbocycles. The fraction of sp³-hybridized carbons (Fsp3) is 0.450. The number of amides is 2. The predicted octanol–water partition coefficient (Wildman–Crippen LogP) is 3.74. The molecule has 2 aliphatic rings. The van der Waals surface area contributed by atoms with E-state index in [1.165, 1.54) is 35.9 Å². The van der Waals surface area contributed by atoms with Gasteiger partial charge in [-0.1, -0.05) is 61.4 Å². The average Bonchev–Trinajstić information content (AvgIpc) is 2.94. The van der Waals surface area contributed by atoms with Crippen LogP contribution >= 0.6 is 24.0 Å². The Kier molecular flexibility index (Phi) is 6.90. The number of carbonyl (C=O) groups is 2. The monoisotopic (exact) mass is 404 g/mol. The van der Waals surface area contributed by atoms with E-state index in [9.17, 15) is 9.59 Å². The maximum absolute atomic E-state index is 12.7. The molecule has 1 aromatic carbocycles. The standard InChI is InChI=1S/C20H24N2O3S2/c1-25-16-10-6-5-7-14(16)13-17-19(24)22(20(26)27-17)12-11-18(23)21-15-8-3-2-4-9-15/h5-7,10,13,15H,2-4,8-9,11-12H2,1H3,(H,21,23)/b17-13-. The summed E-state index contributed by atoms with van der Waals surface area (Å²) in [4.78, 5) is 27.0. The molecule has 0 aromatic heterocycles. The van der Waals surface area contributed by atoms with Crippen molar-refractivity contribution in [1.82, 2.24) is 10.2 Å². The number of rotatable bonds is 6. The van der Waals surface area contributed by atoms with Crippen LogP contribution < -0.4 is 10.1 Å². The van der Waals surface area contributed by atoms with E-state index in [1.54, 1.807) is 13.2 Å². The van der Waals surface area contributed by atoms with Gasteiger partial charge in [0.25, 0.3) is 5.91 Å². The summed E-state index contributed by atoms with van der Waals surface area (Å²) in [6.45, 7) is 0.312. The summed E-state index contributed by atoms with van der Waals surface area (Å²) in [5, 5.41) is 3.08. The van der Waals surface area contributed by atoms with Crippen LogP contribution in [-0.4, -0.2) is 40.7 Å². The average molecular weight is 405 g/mol. The summed E-state index contributed by atoms with van der Waals surface area (Å²) < 4.78 is 5.82. The smallest absolute Gasteiger partial charge is 0.266 e. The Balaban J connectivity index is 1.59. The van der Waals surface area contributed by atoms with Crippen LogP contribution in [0.15, 0.2) is 29.2 Å². The molecule has 1 saturated carbocycles. The molecule has 7 heteroatoms. The Morgan fingerprint density at radius 2 is 2.07 bits per heavy atom. The number of carbonyl (C=O) groups excluding carboxylic acids is 2. The Hall–Kier alpha value is -1.86. The van der Waals surface area contributed by atoms with Gasteiger partial charge in [-0.2, -0.15) is 0 Å². The van der Waals surface area contributed by atoms with Crippen molar-refractivity contribution in [3.8, 4) is 5.75 Å². The Morgan fingerprint density at radius 1 is 1.33 bits per heavy atom. The minimum Gasteiger partial charge on any atom is -0.496 e. The first kappa shape index (κ1) is 19.9. The highest BCUT2D eigenvalue weighted by Gasteiger charge is 2.32. The Labute approximate surface area is 169 Å². The SMILES string of the molecule is COc1ccccc1/C=C1\SC(=S)N(CCC(=O)NC2CCCCC2)C1=O. The summed E-state index contributed by atoms with van der Waals surface area (Å²) >= 11 is 6.61. The lowest BCUT2D eigenvalue weighted by Gasteiger charge is -2.23. The molecular weight excluding hydrogens is 380 g/mol. The molecule has 0 atom stereocenters. The van der Waals surface area contributed by atoms with Crippen LogP contribution in [0.2, 0.25) is 0 Å². The minimum absolute atomic E-state index is 0.00958. The summed E-state index contributed by atoms with van der Waals surface area (Å²) in [5.74, 6) is 0.542. The lowest BCUT2D eigenvalue weighted by atomic mass is 9.95. The number of hydrogen-bond donors (Lipinski definition) is 1. The van der Waals surface area contributed by atoms with Gasteiger partial charge in [-0.3, -0.25) is 14.5 Å². The third kappa shape index (κ3) is 5.11. The molecule has 0 unspecified atom stereocenters. The molecule has 0 spiro atoms. The lowest BCUT2D eigenvalue weighted by molar-refractivity contribution is -0.124. The highest BCUT2D eigenvalue weighted by Crippen LogP contribution is 2.34. The van der Waals surface area contributed by atoms with E-state index >= 15 is 0 Å². The van der Waals surface area contributed by atoms with Crippen molar-refractivity contribution in [2.75, 3.05) is 13.7 Å². The minimum atomic E-state index is -0.152. The zero-order valence-corrected chi connectivity index (χ0v) is 17.0. The summed E-state index contributed by atoms with van der Waals surface area (Å²) in [5.41, 5.74) is 0.829. The molecule has 1 N–H and O–H groups in total. The molecule has 2 fully saturated rings. The molecule has 1 heterocycles. The van der Waals surface area contributed by atoms with Crippen LogP contribution in [0.1, 0.15) is 44.1 Å². The highest BCUT2D eigenvalue weighted by molar-refractivity contribution is 8.26. The molecule has 144 valence electrons. The van der Waals surface area contributed by atoms with Crippen molar-refractivity contribution in [1.29, 1.82) is 0 Å². The van der Waals surface area contributed by atoms with E-state index in [-0.39, 0.29) is 24.3 Å². The fourth-order valence-electron chi connectivity index (χ4n) is 3.38. The van der Waals surface area contributed by atoms with Gasteiger partial charge in [-0.05, 0) is 25.0 Å². The lowest BCUT2D eigenvalue weighted by Crippen LogP contribution is -2.39. The quantitative estimate of drug-likeness (QED) is 0.578. The molecule has 1 aliphatic heterocycles. The second-order valence-corrected chi connectivity index (χ2v) is 8.40. The largest absolute Gasteiger partial charge is 0.496 e. The third-order valence-electron chi connectivity index (χ3n) is 4.83. The maximum atomic E-state index is 12.7. The molecule has 2 amide bonds. The van der Waals surface area contributed by atoms with Gasteiger partial charge >= 0.3 is 0 Å². The first-order chi connectivity index (χ1) is 13.1. The van der Waals surface area contributed by atoms with Crippen molar-refractivity contribution in [3.05, 3.63) is 34.7 Å². The molecule has 3 rings (SSSR count). The van der Waals surface area contributed by atoms with E-state index in [0.29, 0.717) is 21.5 Å². The van der Waals surface area contributed by atoms with E-state index in [2.05, 4.69) is 5.32 Å². The van der Waals surface area contributed by atoms with Gasteiger partial charge in [0, 0.05) is 24.6 Å². The van der Waals surface area contributed by atoms with Crippen LogP contribution in [0.25, 0.3) is 6.08 Å². The van der Waals surface area contributed by atoms with Crippen molar-refractivity contribution in [2.24, 2.45) is 0 Å². The number of hydrogen-bond acceptors (Lipinski definition) is 5. The number of thioether (sulfide) groups is 1. The molecule has 1 aromatic rings. The predicted molar refractivity (Wildman–Crippen MR) is 113 cm³/mol. The first-order valence-corrected chi connectivity index (χ1v) is 10.5. The number of thiocarbonyl (C=S) groups is 1. The number of benzene rings is 1. The topological polar surface area (TPSA) is 58.6 Å². The summed E-state index contributed by atoms with van der Waals surface area (Å²) in [6, 6.07) is 7.80.